The van der Waals surface area contributed by atoms with Crippen molar-refractivity contribution in [2.75, 3.05) is 24.6 Å². The number of alkyl halides is 2. The Bertz CT molecular complexity index is 992. The Labute approximate surface area is 199 Å². The van der Waals surface area contributed by atoms with E-state index in [1.165, 1.54) is 19.3 Å². The third-order valence-electron chi connectivity index (χ3n) is 7.48. The van der Waals surface area contributed by atoms with E-state index in [0.29, 0.717) is 23.9 Å². The fourth-order valence-corrected chi connectivity index (χ4v) is 4.70. The molecule has 0 spiro atoms. The standard InChI is InChI=1S/C27H32F2N2O3/c1-18(25(32)13-19-3-2-4-19)20-5-7-22(8-6-20)34-24-11-12-31(16-24)26-10-9-23(15-30-26)33-17-21-14-27(21,28)29/h5-10,15,18-19,21,24H,2-4,11-14,16-17H2,1H3/t18?,21?,24-/m1/s1. The molecule has 5 nitrogen and oxygen atoms in total. The van der Waals surface area contributed by atoms with Crippen LogP contribution in [0.25, 0.3) is 0 Å². The first-order valence-corrected chi connectivity index (χ1v) is 12.4. The summed E-state index contributed by atoms with van der Waals surface area (Å²) < 4.78 is 37.6. The Morgan fingerprint density at radius 3 is 2.50 bits per heavy atom. The highest BCUT2D eigenvalue weighted by molar-refractivity contribution is 5.85. The second-order valence-corrected chi connectivity index (χ2v) is 10.1. The van der Waals surface area contributed by atoms with Gasteiger partial charge < -0.3 is 14.4 Å². The fraction of sp³-hybridized carbons (Fsp3) is 0.556. The van der Waals surface area contributed by atoms with E-state index in [2.05, 4.69) is 9.88 Å². The molecular weight excluding hydrogens is 438 g/mol. The maximum Gasteiger partial charge on any atom is 0.255 e. The Hall–Kier alpha value is -2.70. The van der Waals surface area contributed by atoms with Crippen molar-refractivity contribution >= 4 is 11.6 Å². The van der Waals surface area contributed by atoms with Crippen molar-refractivity contribution in [1.82, 2.24) is 4.98 Å². The molecule has 1 aromatic heterocycles. The summed E-state index contributed by atoms with van der Waals surface area (Å²) in [6.45, 7) is 3.58. The van der Waals surface area contributed by atoms with Gasteiger partial charge in [-0.25, -0.2) is 13.8 Å². The number of ketones is 1. The molecular formula is C27H32F2N2O3. The van der Waals surface area contributed by atoms with Crippen molar-refractivity contribution < 1.29 is 23.0 Å². The van der Waals surface area contributed by atoms with Crippen LogP contribution in [0.1, 0.15) is 56.9 Å². The average Bonchev–Trinajstić information content (AvgIpc) is 3.18. The van der Waals surface area contributed by atoms with E-state index in [4.69, 9.17) is 9.47 Å². The number of hydrogen-bond acceptors (Lipinski definition) is 5. The largest absolute Gasteiger partial charge is 0.491 e. The summed E-state index contributed by atoms with van der Waals surface area (Å²) in [6.07, 6.45) is 6.79. The molecule has 2 saturated carbocycles. The molecule has 34 heavy (non-hydrogen) atoms. The number of pyridine rings is 1. The lowest BCUT2D eigenvalue weighted by Crippen LogP contribution is -2.25. The van der Waals surface area contributed by atoms with Gasteiger partial charge in [-0.15, -0.1) is 0 Å². The van der Waals surface area contributed by atoms with Gasteiger partial charge in [0.1, 0.15) is 29.2 Å². The molecule has 2 heterocycles. The number of carbonyl (C=O) groups excluding carboxylic acids is 1. The molecule has 5 rings (SSSR count). The van der Waals surface area contributed by atoms with Crippen molar-refractivity contribution in [3.05, 3.63) is 48.2 Å². The number of halogens is 2. The summed E-state index contributed by atoms with van der Waals surface area (Å²) in [5, 5.41) is 0. The summed E-state index contributed by atoms with van der Waals surface area (Å²) in [5.41, 5.74) is 1.04. The highest BCUT2D eigenvalue weighted by atomic mass is 19.3. The number of ether oxygens (including phenoxy) is 2. The quantitative estimate of drug-likeness (QED) is 0.450. The minimum absolute atomic E-state index is 0.0277. The Balaban J connectivity index is 1.09. The predicted molar refractivity (Wildman–Crippen MR) is 126 cm³/mol. The van der Waals surface area contributed by atoms with Crippen molar-refractivity contribution in [3.63, 3.8) is 0 Å². The smallest absolute Gasteiger partial charge is 0.255 e. The molecule has 182 valence electrons. The van der Waals surface area contributed by atoms with Crippen LogP contribution >= 0.6 is 0 Å². The van der Waals surface area contributed by atoms with Crippen LogP contribution in [0, 0.1) is 11.8 Å². The number of nitrogens with zero attached hydrogens (tertiary/aromatic N) is 2. The van der Waals surface area contributed by atoms with Crippen LogP contribution in [-0.2, 0) is 4.79 Å². The lowest BCUT2D eigenvalue weighted by atomic mass is 9.79. The third kappa shape index (κ3) is 5.34. The molecule has 2 unspecified atom stereocenters. The lowest BCUT2D eigenvalue weighted by molar-refractivity contribution is -0.121. The Morgan fingerprint density at radius 1 is 1.15 bits per heavy atom. The number of rotatable bonds is 10. The molecule has 2 aromatic rings. The minimum atomic E-state index is -2.57. The number of aromatic nitrogens is 1. The van der Waals surface area contributed by atoms with E-state index >= 15 is 0 Å². The molecule has 1 aliphatic heterocycles. The number of anilines is 1. The summed E-state index contributed by atoms with van der Waals surface area (Å²) in [6, 6.07) is 11.6. The number of benzene rings is 1. The molecule has 0 radical (unpaired) electrons. The topological polar surface area (TPSA) is 51.7 Å². The summed E-state index contributed by atoms with van der Waals surface area (Å²) in [4.78, 5) is 19.1. The second-order valence-electron chi connectivity index (χ2n) is 10.1. The SMILES string of the molecule is CC(C(=O)CC1CCC1)c1ccc(O[C@@H]2CCN(c3ccc(OCC4CC4(F)F)cn3)C2)cc1. The zero-order chi connectivity index (χ0) is 23.7. The molecule has 3 fully saturated rings. The van der Waals surface area contributed by atoms with Gasteiger partial charge in [0.15, 0.2) is 0 Å². The van der Waals surface area contributed by atoms with Gasteiger partial charge in [0.05, 0.1) is 25.3 Å². The van der Waals surface area contributed by atoms with Crippen LogP contribution in [0.3, 0.4) is 0 Å². The first-order valence-electron chi connectivity index (χ1n) is 12.4. The molecule has 7 heteroatoms. The molecule has 1 saturated heterocycles. The van der Waals surface area contributed by atoms with Crippen molar-refractivity contribution in [3.8, 4) is 11.5 Å². The van der Waals surface area contributed by atoms with E-state index in [-0.39, 0.29) is 25.0 Å². The zero-order valence-electron chi connectivity index (χ0n) is 19.6. The van der Waals surface area contributed by atoms with Crippen LogP contribution in [0.15, 0.2) is 42.6 Å². The monoisotopic (exact) mass is 470 g/mol. The normalized spacial score (nSPS) is 24.4. The van der Waals surface area contributed by atoms with Crippen LogP contribution < -0.4 is 14.4 Å². The Kier molecular flexibility index (Phi) is 6.45. The van der Waals surface area contributed by atoms with Crippen LogP contribution in [0.2, 0.25) is 0 Å². The number of carbonyl (C=O) groups is 1. The van der Waals surface area contributed by atoms with Gasteiger partial charge in [-0.1, -0.05) is 38.3 Å². The van der Waals surface area contributed by atoms with E-state index in [1.54, 1.807) is 12.3 Å². The van der Waals surface area contributed by atoms with Crippen LogP contribution in [0.5, 0.6) is 11.5 Å². The van der Waals surface area contributed by atoms with Gasteiger partial charge in [-0.05, 0) is 35.7 Å². The third-order valence-corrected chi connectivity index (χ3v) is 7.48. The first kappa shape index (κ1) is 23.1. The maximum atomic E-state index is 13.0. The molecule has 1 aromatic carbocycles. The average molecular weight is 471 g/mol. The molecule has 2 aliphatic carbocycles. The molecule has 0 bridgehead atoms. The lowest BCUT2D eigenvalue weighted by Gasteiger charge is -2.25. The van der Waals surface area contributed by atoms with Gasteiger partial charge in [0.25, 0.3) is 5.92 Å². The zero-order valence-corrected chi connectivity index (χ0v) is 19.6. The van der Waals surface area contributed by atoms with Crippen molar-refractivity contribution in [1.29, 1.82) is 0 Å². The summed E-state index contributed by atoms with van der Waals surface area (Å²) in [5.74, 6) is -0.241. The highest BCUT2D eigenvalue weighted by Crippen LogP contribution is 2.48. The second kappa shape index (κ2) is 9.51. The van der Waals surface area contributed by atoms with Gasteiger partial charge in [0.2, 0.25) is 0 Å². The van der Waals surface area contributed by atoms with Crippen LogP contribution in [0.4, 0.5) is 14.6 Å². The fourth-order valence-electron chi connectivity index (χ4n) is 4.70. The van der Waals surface area contributed by atoms with E-state index < -0.39 is 11.8 Å². The molecule has 3 aliphatic rings. The number of Topliss-reactive ketones (excluding diaryl/α,β-unsaturated/α-hetero) is 1. The summed E-state index contributed by atoms with van der Waals surface area (Å²) in [7, 11) is 0. The van der Waals surface area contributed by atoms with E-state index in [1.807, 2.05) is 37.3 Å². The maximum absolute atomic E-state index is 13.0. The molecule has 3 atom stereocenters. The van der Waals surface area contributed by atoms with E-state index in [0.717, 1.165) is 36.6 Å². The minimum Gasteiger partial charge on any atom is -0.491 e. The Morgan fingerprint density at radius 2 is 1.88 bits per heavy atom. The molecule has 0 amide bonds. The summed E-state index contributed by atoms with van der Waals surface area (Å²) >= 11 is 0. The highest BCUT2D eigenvalue weighted by Gasteiger charge is 2.57. The predicted octanol–water partition coefficient (Wildman–Crippen LogP) is 5.64. The van der Waals surface area contributed by atoms with Crippen LogP contribution in [-0.4, -0.2) is 42.5 Å². The van der Waals surface area contributed by atoms with Gasteiger partial charge in [-0.2, -0.15) is 0 Å². The number of hydrogen-bond donors (Lipinski definition) is 0. The first-order chi connectivity index (χ1) is 16.4. The van der Waals surface area contributed by atoms with Gasteiger partial charge in [0, 0.05) is 31.7 Å². The molecule has 0 N–H and O–H groups in total. The van der Waals surface area contributed by atoms with E-state index in [9.17, 15) is 13.6 Å². The van der Waals surface area contributed by atoms with Crippen molar-refractivity contribution in [2.24, 2.45) is 11.8 Å². The van der Waals surface area contributed by atoms with Crippen molar-refractivity contribution in [2.45, 2.75) is 63.4 Å². The van der Waals surface area contributed by atoms with Gasteiger partial charge >= 0.3 is 0 Å². The van der Waals surface area contributed by atoms with Gasteiger partial charge in [-0.3, -0.25) is 4.79 Å².